The highest BCUT2D eigenvalue weighted by Crippen LogP contribution is 2.23. The van der Waals surface area contributed by atoms with Crippen molar-refractivity contribution in [1.82, 2.24) is 5.32 Å². The number of piperidine rings is 1. The first-order valence-corrected chi connectivity index (χ1v) is 9.26. The second-order valence-corrected chi connectivity index (χ2v) is 6.60. The SMILES string of the molecule is O=[N+]([O-])c1ccccc1NCCNCc1cccc(N2CCCCC2)c1. The molecule has 1 aliphatic rings. The van der Waals surface area contributed by atoms with Gasteiger partial charge in [-0.05, 0) is 43.0 Å². The van der Waals surface area contributed by atoms with Crippen LogP contribution in [0.15, 0.2) is 48.5 Å². The van der Waals surface area contributed by atoms with Crippen molar-refractivity contribution in [2.75, 3.05) is 36.4 Å². The number of hydrogen-bond acceptors (Lipinski definition) is 5. The Kier molecular flexibility index (Phi) is 6.44. The lowest BCUT2D eigenvalue weighted by molar-refractivity contribution is -0.384. The van der Waals surface area contributed by atoms with E-state index in [0.717, 1.165) is 26.2 Å². The number of anilines is 2. The van der Waals surface area contributed by atoms with Gasteiger partial charge in [0.1, 0.15) is 5.69 Å². The first-order valence-electron chi connectivity index (χ1n) is 9.26. The van der Waals surface area contributed by atoms with Crippen molar-refractivity contribution < 1.29 is 4.92 Å². The van der Waals surface area contributed by atoms with Crippen molar-refractivity contribution in [2.24, 2.45) is 0 Å². The Morgan fingerprint density at radius 1 is 1.00 bits per heavy atom. The molecule has 1 saturated heterocycles. The van der Waals surface area contributed by atoms with Crippen LogP contribution in [-0.2, 0) is 6.54 Å². The summed E-state index contributed by atoms with van der Waals surface area (Å²) in [4.78, 5) is 13.1. The van der Waals surface area contributed by atoms with Crippen molar-refractivity contribution >= 4 is 17.1 Å². The topological polar surface area (TPSA) is 70.4 Å². The van der Waals surface area contributed by atoms with E-state index in [9.17, 15) is 10.1 Å². The molecule has 1 fully saturated rings. The Morgan fingerprint density at radius 3 is 2.62 bits per heavy atom. The van der Waals surface area contributed by atoms with E-state index >= 15 is 0 Å². The smallest absolute Gasteiger partial charge is 0.292 e. The van der Waals surface area contributed by atoms with Gasteiger partial charge in [-0.1, -0.05) is 24.3 Å². The van der Waals surface area contributed by atoms with Crippen LogP contribution in [0, 0.1) is 10.1 Å². The van der Waals surface area contributed by atoms with Crippen molar-refractivity contribution in [3.8, 4) is 0 Å². The van der Waals surface area contributed by atoms with E-state index in [1.807, 2.05) is 0 Å². The largest absolute Gasteiger partial charge is 0.378 e. The summed E-state index contributed by atoms with van der Waals surface area (Å²) in [5, 5.41) is 17.5. The van der Waals surface area contributed by atoms with Gasteiger partial charge in [0.2, 0.25) is 0 Å². The summed E-state index contributed by atoms with van der Waals surface area (Å²) < 4.78 is 0. The number of nitro benzene ring substituents is 1. The summed E-state index contributed by atoms with van der Waals surface area (Å²) in [7, 11) is 0. The number of hydrogen-bond donors (Lipinski definition) is 2. The number of nitrogens with zero attached hydrogens (tertiary/aromatic N) is 2. The molecule has 1 heterocycles. The molecule has 1 aliphatic heterocycles. The molecular formula is C20H26N4O2. The fourth-order valence-corrected chi connectivity index (χ4v) is 3.32. The molecule has 0 spiro atoms. The Labute approximate surface area is 154 Å². The zero-order valence-corrected chi connectivity index (χ0v) is 15.0. The summed E-state index contributed by atoms with van der Waals surface area (Å²) in [6.45, 7) is 4.46. The molecule has 0 aromatic heterocycles. The molecule has 6 nitrogen and oxygen atoms in total. The van der Waals surface area contributed by atoms with Crippen LogP contribution in [0.25, 0.3) is 0 Å². The van der Waals surface area contributed by atoms with Crippen LogP contribution < -0.4 is 15.5 Å². The molecule has 0 bridgehead atoms. The molecule has 138 valence electrons. The molecule has 3 rings (SSSR count). The predicted molar refractivity (Wildman–Crippen MR) is 106 cm³/mol. The summed E-state index contributed by atoms with van der Waals surface area (Å²) in [6.07, 6.45) is 3.89. The molecule has 0 saturated carbocycles. The lowest BCUT2D eigenvalue weighted by Crippen LogP contribution is -2.29. The minimum Gasteiger partial charge on any atom is -0.378 e. The molecule has 2 aromatic carbocycles. The molecule has 2 N–H and O–H groups in total. The van der Waals surface area contributed by atoms with Crippen molar-refractivity contribution in [2.45, 2.75) is 25.8 Å². The number of rotatable bonds is 8. The molecule has 2 aromatic rings. The Bertz CT molecular complexity index is 729. The maximum absolute atomic E-state index is 11.0. The standard InChI is InChI=1S/C20H26N4O2/c25-24(26)20-10-3-2-9-19(20)22-12-11-21-16-17-7-6-8-18(15-17)23-13-4-1-5-14-23/h2-3,6-10,15,21-22H,1,4-5,11-14,16H2. The van der Waals surface area contributed by atoms with Crippen LogP contribution in [0.2, 0.25) is 0 Å². The Hall–Kier alpha value is -2.60. The van der Waals surface area contributed by atoms with E-state index in [0.29, 0.717) is 12.2 Å². The Balaban J connectivity index is 1.45. The third-order valence-corrected chi connectivity index (χ3v) is 4.68. The van der Waals surface area contributed by atoms with Crippen LogP contribution >= 0.6 is 0 Å². The van der Waals surface area contributed by atoms with Crippen LogP contribution in [0.1, 0.15) is 24.8 Å². The first kappa shape index (κ1) is 18.2. The predicted octanol–water partition coefficient (Wildman–Crippen LogP) is 3.79. The Morgan fingerprint density at radius 2 is 1.81 bits per heavy atom. The summed E-state index contributed by atoms with van der Waals surface area (Å²) in [5.74, 6) is 0. The zero-order valence-electron chi connectivity index (χ0n) is 15.0. The molecule has 6 heteroatoms. The lowest BCUT2D eigenvalue weighted by Gasteiger charge is -2.29. The van der Waals surface area contributed by atoms with Crippen LogP contribution in [-0.4, -0.2) is 31.1 Å². The normalized spacial score (nSPS) is 14.2. The molecule has 0 atom stereocenters. The average Bonchev–Trinajstić information content (AvgIpc) is 2.69. The second kappa shape index (κ2) is 9.20. The van der Waals surface area contributed by atoms with Gasteiger partial charge in [-0.3, -0.25) is 10.1 Å². The highest BCUT2D eigenvalue weighted by molar-refractivity contribution is 5.61. The molecule has 0 unspecified atom stereocenters. The molecular weight excluding hydrogens is 328 g/mol. The molecule has 26 heavy (non-hydrogen) atoms. The van der Waals surface area contributed by atoms with Crippen LogP contribution in [0.5, 0.6) is 0 Å². The molecule has 0 amide bonds. The van der Waals surface area contributed by atoms with Gasteiger partial charge in [0.25, 0.3) is 5.69 Å². The first-order chi connectivity index (χ1) is 12.7. The number of nitro groups is 1. The third-order valence-electron chi connectivity index (χ3n) is 4.68. The van der Waals surface area contributed by atoms with Crippen LogP contribution in [0.4, 0.5) is 17.1 Å². The summed E-state index contributed by atoms with van der Waals surface area (Å²) in [6, 6.07) is 15.4. The van der Waals surface area contributed by atoms with Crippen molar-refractivity contribution in [3.05, 3.63) is 64.2 Å². The van der Waals surface area contributed by atoms with E-state index in [1.165, 1.54) is 36.6 Å². The van der Waals surface area contributed by atoms with E-state index < -0.39 is 0 Å². The van der Waals surface area contributed by atoms with Gasteiger partial charge < -0.3 is 15.5 Å². The van der Waals surface area contributed by atoms with Gasteiger partial charge in [-0.15, -0.1) is 0 Å². The average molecular weight is 354 g/mol. The zero-order chi connectivity index (χ0) is 18.2. The quantitative estimate of drug-likeness (QED) is 0.429. The highest BCUT2D eigenvalue weighted by Gasteiger charge is 2.12. The monoisotopic (exact) mass is 354 g/mol. The van der Waals surface area contributed by atoms with Crippen molar-refractivity contribution in [1.29, 1.82) is 0 Å². The van der Waals surface area contributed by atoms with E-state index in [4.69, 9.17) is 0 Å². The minimum atomic E-state index is -0.359. The van der Waals surface area contributed by atoms with Crippen LogP contribution in [0.3, 0.4) is 0 Å². The second-order valence-electron chi connectivity index (χ2n) is 6.60. The highest BCUT2D eigenvalue weighted by atomic mass is 16.6. The van der Waals surface area contributed by atoms with Gasteiger partial charge in [0.05, 0.1) is 4.92 Å². The number of benzene rings is 2. The molecule has 0 aliphatic carbocycles. The van der Waals surface area contributed by atoms with Gasteiger partial charge in [-0.2, -0.15) is 0 Å². The van der Waals surface area contributed by atoms with E-state index in [-0.39, 0.29) is 10.6 Å². The number of nitrogens with one attached hydrogen (secondary N) is 2. The van der Waals surface area contributed by atoms with E-state index in [1.54, 1.807) is 18.2 Å². The van der Waals surface area contributed by atoms with Gasteiger partial charge in [0, 0.05) is 44.5 Å². The van der Waals surface area contributed by atoms with Gasteiger partial charge in [0.15, 0.2) is 0 Å². The fourth-order valence-electron chi connectivity index (χ4n) is 3.32. The minimum absolute atomic E-state index is 0.113. The van der Waals surface area contributed by atoms with Gasteiger partial charge >= 0.3 is 0 Å². The number of para-hydroxylation sites is 2. The fraction of sp³-hybridized carbons (Fsp3) is 0.400. The molecule has 0 radical (unpaired) electrons. The third kappa shape index (κ3) is 4.95. The van der Waals surface area contributed by atoms with Crippen molar-refractivity contribution in [3.63, 3.8) is 0 Å². The van der Waals surface area contributed by atoms with Gasteiger partial charge in [-0.25, -0.2) is 0 Å². The summed E-state index contributed by atoms with van der Waals surface area (Å²) in [5.41, 5.74) is 3.24. The lowest BCUT2D eigenvalue weighted by atomic mass is 10.1. The van der Waals surface area contributed by atoms with E-state index in [2.05, 4.69) is 39.8 Å². The maximum atomic E-state index is 11.0. The maximum Gasteiger partial charge on any atom is 0.292 e. The summed E-state index contributed by atoms with van der Waals surface area (Å²) >= 11 is 0.